The van der Waals surface area contributed by atoms with Crippen molar-refractivity contribution in [3.05, 3.63) is 0 Å². The number of carboxylic acids is 1. The molecule has 0 aromatic heterocycles. The fourth-order valence-corrected chi connectivity index (χ4v) is 0. The van der Waals surface area contributed by atoms with E-state index in [0.29, 0.717) is 0 Å². The highest BCUT2D eigenvalue weighted by molar-refractivity contribution is 6.13. The second kappa shape index (κ2) is 15.8. The van der Waals surface area contributed by atoms with Gasteiger partial charge in [0.1, 0.15) is 0 Å². The van der Waals surface area contributed by atoms with E-state index in [-0.39, 0.29) is 6.15 Å². The van der Waals surface area contributed by atoms with Crippen molar-refractivity contribution in [3.63, 3.8) is 0 Å². The molecule has 0 aromatic carbocycles. The predicted octanol–water partition coefficient (Wildman–Crippen LogP) is -1.24. The van der Waals surface area contributed by atoms with Gasteiger partial charge in [0.15, 0.2) is 0 Å². The summed E-state index contributed by atoms with van der Waals surface area (Å²) in [6.45, 7) is 1.08. The second-order valence-corrected chi connectivity index (χ2v) is 0.865. The van der Waals surface area contributed by atoms with Crippen molar-refractivity contribution in [2.24, 2.45) is 0 Å². The van der Waals surface area contributed by atoms with Gasteiger partial charge in [0, 0.05) is 6.92 Å². The van der Waals surface area contributed by atoms with Crippen LogP contribution in [0.15, 0.2) is 0 Å². The normalized spacial score (nSPS) is 4.88. The average molecular weight is 138 g/mol. The molecule has 0 rings (SSSR count). The van der Waals surface area contributed by atoms with Gasteiger partial charge in [-0.05, 0) is 0 Å². The molecule has 0 atom stereocenters. The summed E-state index contributed by atoms with van der Waals surface area (Å²) in [5.41, 5.74) is 0. The van der Waals surface area contributed by atoms with Crippen molar-refractivity contribution < 1.29 is 18.2 Å². The number of hydrogen-bond donors (Lipinski definition) is 4. The fourth-order valence-electron chi connectivity index (χ4n) is 0. The summed E-state index contributed by atoms with van der Waals surface area (Å²) in [6, 6.07) is 0. The molecule has 0 unspecified atom stereocenters. The van der Waals surface area contributed by atoms with E-state index >= 15 is 0 Å². The third-order valence-corrected chi connectivity index (χ3v) is 0. The van der Waals surface area contributed by atoms with Gasteiger partial charge in [-0.15, -0.1) is 0 Å². The first-order valence-electron chi connectivity index (χ1n) is 1.44. The van der Waals surface area contributed by atoms with Crippen LogP contribution in [-0.4, -0.2) is 35.3 Å². The Morgan fingerprint density at radius 3 is 1.50 bits per heavy atom. The highest BCUT2D eigenvalue weighted by atomic mass is 27.2. The number of rotatable bonds is 0. The van der Waals surface area contributed by atoms with Gasteiger partial charge in [-0.25, -0.2) is 0 Å². The lowest BCUT2D eigenvalue weighted by Crippen LogP contribution is -1.78. The molecule has 0 aliphatic heterocycles. The third kappa shape index (κ3) is 10200. The van der Waals surface area contributed by atoms with Gasteiger partial charge in [-0.3, -0.25) is 4.79 Å². The smallest absolute Gasteiger partial charge is 0.499 e. The summed E-state index contributed by atoms with van der Waals surface area (Å²) in [7, 11) is 0. The highest BCUT2D eigenvalue weighted by Crippen LogP contribution is 1.42. The minimum Gasteiger partial charge on any atom is -0.499 e. The SMILES string of the molecule is CC(=O)O.N.[OH][Al][OH]. The van der Waals surface area contributed by atoms with Crippen LogP contribution in [0.2, 0.25) is 0 Å². The summed E-state index contributed by atoms with van der Waals surface area (Å²) in [4.78, 5) is 9.00. The van der Waals surface area contributed by atoms with Crippen molar-refractivity contribution in [2.45, 2.75) is 6.92 Å². The van der Waals surface area contributed by atoms with E-state index in [1.54, 1.807) is 0 Å². The number of carbonyl (C=O) groups is 1. The maximum Gasteiger partial charge on any atom is 0.662 e. The Hall–Kier alpha value is -0.118. The molecule has 49 valence electrons. The maximum atomic E-state index is 9.00. The second-order valence-electron chi connectivity index (χ2n) is 0.634. The van der Waals surface area contributed by atoms with Crippen molar-refractivity contribution in [3.8, 4) is 0 Å². The summed E-state index contributed by atoms with van der Waals surface area (Å²) in [5, 5.41) is 7.42. The Morgan fingerprint density at radius 2 is 1.50 bits per heavy atom. The van der Waals surface area contributed by atoms with Gasteiger partial charge in [-0.1, -0.05) is 0 Å². The molecule has 0 heterocycles. The van der Waals surface area contributed by atoms with Gasteiger partial charge >= 0.3 is 15.9 Å². The Morgan fingerprint density at radius 1 is 1.50 bits per heavy atom. The van der Waals surface area contributed by atoms with E-state index in [2.05, 4.69) is 0 Å². The number of carboxylic acid groups (broad SMARTS) is 1. The van der Waals surface area contributed by atoms with Crippen LogP contribution in [0.5, 0.6) is 0 Å². The molecule has 0 spiro atoms. The fraction of sp³-hybridized carbons (Fsp3) is 0.500. The van der Waals surface area contributed by atoms with E-state index in [4.69, 9.17) is 18.2 Å². The quantitative estimate of drug-likeness (QED) is 0.312. The molecule has 0 amide bonds. The monoisotopic (exact) mass is 138 g/mol. The van der Waals surface area contributed by atoms with Gasteiger partial charge in [0.2, 0.25) is 0 Å². The number of aliphatic carboxylic acids is 1. The zero-order valence-electron chi connectivity index (χ0n) is 4.53. The summed E-state index contributed by atoms with van der Waals surface area (Å²) in [5.74, 6) is -0.833. The maximum absolute atomic E-state index is 9.00. The Bertz CT molecular complexity index is 45.3. The first kappa shape index (κ1) is 15.7. The molecule has 0 saturated carbocycles. The van der Waals surface area contributed by atoms with Crippen molar-refractivity contribution >= 4 is 21.9 Å². The molecule has 0 aromatic rings. The predicted molar refractivity (Wildman–Crippen MR) is 28.5 cm³/mol. The largest absolute Gasteiger partial charge is 0.662 e. The van der Waals surface area contributed by atoms with Crippen LogP contribution in [0.1, 0.15) is 6.92 Å². The van der Waals surface area contributed by atoms with Gasteiger partial charge in [-0.2, -0.15) is 0 Å². The average Bonchev–Trinajstić information content (AvgIpc) is 1.33. The van der Waals surface area contributed by atoms with Crippen LogP contribution in [-0.2, 0) is 4.79 Å². The zero-order valence-corrected chi connectivity index (χ0v) is 5.69. The Labute approximate surface area is 53.9 Å². The highest BCUT2D eigenvalue weighted by Gasteiger charge is 1.65. The molecule has 0 saturated heterocycles. The van der Waals surface area contributed by atoms with Crippen LogP contribution in [0, 0.1) is 0 Å². The van der Waals surface area contributed by atoms with Crippen molar-refractivity contribution in [1.29, 1.82) is 0 Å². The molecular weight excluding hydrogens is 129 g/mol. The minimum absolute atomic E-state index is 0. The first-order chi connectivity index (χ1) is 3.15. The van der Waals surface area contributed by atoms with E-state index < -0.39 is 21.9 Å². The topological polar surface area (TPSA) is 113 Å². The Balaban J connectivity index is -0.0000000575. The summed E-state index contributed by atoms with van der Waals surface area (Å²) in [6.07, 6.45) is 0. The van der Waals surface area contributed by atoms with Crippen LogP contribution >= 0.6 is 0 Å². The van der Waals surface area contributed by atoms with Gasteiger partial charge in [0.25, 0.3) is 5.97 Å². The summed E-state index contributed by atoms with van der Waals surface area (Å²) < 4.78 is 14.4. The lowest BCUT2D eigenvalue weighted by molar-refractivity contribution is -0.134. The van der Waals surface area contributed by atoms with Gasteiger partial charge < -0.3 is 19.6 Å². The van der Waals surface area contributed by atoms with E-state index in [0.717, 1.165) is 6.92 Å². The lowest BCUT2D eigenvalue weighted by atomic mass is 10.9. The van der Waals surface area contributed by atoms with E-state index in [1.165, 1.54) is 0 Å². The van der Waals surface area contributed by atoms with Gasteiger partial charge in [0.05, 0.1) is 0 Å². The van der Waals surface area contributed by atoms with Crippen molar-refractivity contribution in [1.82, 2.24) is 6.15 Å². The number of hydrogen-bond acceptors (Lipinski definition) is 4. The molecule has 5 nitrogen and oxygen atoms in total. The van der Waals surface area contributed by atoms with Crippen molar-refractivity contribution in [2.75, 3.05) is 0 Å². The van der Waals surface area contributed by atoms with Crippen LogP contribution in [0.4, 0.5) is 0 Å². The van der Waals surface area contributed by atoms with Crippen LogP contribution in [0.25, 0.3) is 0 Å². The van der Waals surface area contributed by atoms with Crippen LogP contribution in [0.3, 0.4) is 0 Å². The zero-order chi connectivity index (χ0) is 6.28. The molecule has 8 heavy (non-hydrogen) atoms. The molecular formula is C2H9AlNO4. The first-order valence-corrected chi connectivity index (χ1v) is 2.48. The molecule has 1 radical (unpaired) electrons. The minimum atomic E-state index is -1.25. The standard InChI is InChI=1S/C2H4O2.Al.H3N.2H2O/c1-2(3)4;;;;/h1H3,(H,3,4);;1H3;2*1H2/q;+2;;;/p-2. The lowest BCUT2D eigenvalue weighted by Gasteiger charge is -1.59. The Kier molecular flexibility index (Phi) is 30.9. The van der Waals surface area contributed by atoms with E-state index in [9.17, 15) is 0 Å². The molecule has 0 aliphatic rings. The summed E-state index contributed by atoms with van der Waals surface area (Å²) >= 11 is -1.25. The molecule has 0 fully saturated rings. The molecule has 6 heteroatoms. The van der Waals surface area contributed by atoms with E-state index in [1.807, 2.05) is 0 Å². The van der Waals surface area contributed by atoms with Crippen LogP contribution < -0.4 is 6.15 Å². The molecule has 6 N–H and O–H groups in total. The third-order valence-electron chi connectivity index (χ3n) is 0. The molecule has 0 bridgehead atoms. The molecule has 0 aliphatic carbocycles.